The molecule has 0 amide bonds. The number of carbonyl (C=O) groups is 1. The fourth-order valence-electron chi connectivity index (χ4n) is 4.28. The molecule has 0 bridgehead atoms. The highest BCUT2D eigenvalue weighted by molar-refractivity contribution is 6.77. The van der Waals surface area contributed by atoms with Gasteiger partial charge < -0.3 is 17.7 Å². The summed E-state index contributed by atoms with van der Waals surface area (Å²) in [5.74, 6) is -0.387. The van der Waals surface area contributed by atoms with Crippen LogP contribution in [0.3, 0.4) is 0 Å². The lowest BCUT2D eigenvalue weighted by Gasteiger charge is -2.41. The van der Waals surface area contributed by atoms with Crippen LogP contribution in [0.25, 0.3) is 0 Å². The third-order valence-corrected chi connectivity index (χ3v) is 15.6. The molecule has 0 heterocycles. The van der Waals surface area contributed by atoms with Gasteiger partial charge in [0.2, 0.25) is 0 Å². The molecule has 0 fully saturated rings. The van der Waals surface area contributed by atoms with Gasteiger partial charge in [0.1, 0.15) is 0 Å². The summed E-state index contributed by atoms with van der Waals surface area (Å²) in [6.07, 6.45) is 5.64. The molecular weight excluding hydrogens is 412 g/mol. The Kier molecular flexibility index (Phi) is 15.5. The molecule has 180 valence electrons. The zero-order valence-corrected chi connectivity index (χ0v) is 23.3. The van der Waals surface area contributed by atoms with Crippen molar-refractivity contribution in [2.24, 2.45) is 5.92 Å². The van der Waals surface area contributed by atoms with Crippen LogP contribution in [0.1, 0.15) is 94.4 Å². The largest absolute Gasteiger partial charge is 0.518 e. The average Bonchev–Trinajstić information content (AvgIpc) is 2.72. The van der Waals surface area contributed by atoms with Crippen molar-refractivity contribution in [2.75, 3.05) is 19.8 Å². The lowest BCUT2D eigenvalue weighted by atomic mass is 10.2. The second-order valence-corrected chi connectivity index (χ2v) is 15.8. The summed E-state index contributed by atoms with van der Waals surface area (Å²) in [4.78, 5) is 13.4. The Hall–Kier alpha value is -0.216. The maximum atomic E-state index is 13.4. The molecule has 0 N–H and O–H groups in total. The number of carbonyl (C=O) groups excluding carboxylic acids is 1. The molecule has 0 aliphatic heterocycles. The lowest BCUT2D eigenvalue weighted by Crippen LogP contribution is -2.51. The quantitative estimate of drug-likeness (QED) is 0.163. The van der Waals surface area contributed by atoms with Gasteiger partial charge in [-0.25, -0.2) is 0 Å². The van der Waals surface area contributed by atoms with Crippen molar-refractivity contribution in [3.63, 3.8) is 0 Å². The second kappa shape index (κ2) is 15.6. The van der Waals surface area contributed by atoms with E-state index in [1.54, 1.807) is 0 Å². The minimum Gasteiger partial charge on any atom is -0.518 e. The molecule has 3 unspecified atom stereocenters. The van der Waals surface area contributed by atoms with Crippen LogP contribution in [-0.4, -0.2) is 42.9 Å². The summed E-state index contributed by atoms with van der Waals surface area (Å²) in [5, 5.41) is 0. The van der Waals surface area contributed by atoms with Gasteiger partial charge in [0.25, 0.3) is 14.3 Å². The molecule has 0 aliphatic carbocycles. The first-order chi connectivity index (χ1) is 14.2. The van der Waals surface area contributed by atoms with Gasteiger partial charge in [-0.1, -0.05) is 73.6 Å². The van der Waals surface area contributed by atoms with Crippen LogP contribution in [0.2, 0.25) is 23.2 Å². The van der Waals surface area contributed by atoms with Crippen molar-refractivity contribution in [1.29, 1.82) is 0 Å². The molecule has 5 nitrogen and oxygen atoms in total. The molecule has 0 aromatic rings. The van der Waals surface area contributed by atoms with E-state index in [0.29, 0.717) is 36.9 Å². The summed E-state index contributed by atoms with van der Waals surface area (Å²) >= 11 is 0. The van der Waals surface area contributed by atoms with E-state index < -0.39 is 17.1 Å². The number of hydrogen-bond acceptors (Lipinski definition) is 5. The third-order valence-electron chi connectivity index (χ3n) is 6.41. The van der Waals surface area contributed by atoms with E-state index in [-0.39, 0.29) is 11.9 Å². The molecular formula is C23H50O5Si2. The fraction of sp³-hybridized carbons (Fsp3) is 0.957. The number of rotatable bonds is 18. The molecule has 0 saturated heterocycles. The van der Waals surface area contributed by atoms with E-state index in [1.807, 2.05) is 27.7 Å². The van der Waals surface area contributed by atoms with E-state index in [1.165, 1.54) is 12.8 Å². The van der Waals surface area contributed by atoms with Crippen molar-refractivity contribution >= 4 is 23.1 Å². The summed E-state index contributed by atoms with van der Waals surface area (Å²) < 4.78 is 24.5. The molecule has 0 spiro atoms. The highest BCUT2D eigenvalue weighted by Gasteiger charge is 2.49. The highest BCUT2D eigenvalue weighted by Crippen LogP contribution is 2.43. The molecule has 0 aromatic heterocycles. The summed E-state index contributed by atoms with van der Waals surface area (Å²) in [7, 11) is -5.14. The zero-order valence-electron chi connectivity index (χ0n) is 21.3. The molecule has 3 atom stereocenters. The van der Waals surface area contributed by atoms with E-state index in [4.69, 9.17) is 17.7 Å². The Bertz CT molecular complexity index is 434. The second-order valence-electron chi connectivity index (χ2n) is 8.54. The SMILES string of the molecule is CCCCC[Si](OC(=O)C(C)C[Si](OCC)(OCC)OCC)(C(C)CC)C(C)CC. The summed E-state index contributed by atoms with van der Waals surface area (Å²) in [6, 6.07) is 1.54. The molecule has 0 rings (SSSR count). The van der Waals surface area contributed by atoms with Crippen molar-refractivity contribution < 1.29 is 22.5 Å². The molecule has 0 aromatic carbocycles. The van der Waals surface area contributed by atoms with Crippen LogP contribution in [0.5, 0.6) is 0 Å². The maximum Gasteiger partial charge on any atom is 0.501 e. The molecule has 0 saturated carbocycles. The van der Waals surface area contributed by atoms with Gasteiger partial charge in [-0.15, -0.1) is 0 Å². The summed E-state index contributed by atoms with van der Waals surface area (Å²) in [5.41, 5.74) is 0.904. The Labute approximate surface area is 189 Å². The topological polar surface area (TPSA) is 54.0 Å². The average molecular weight is 463 g/mol. The Morgan fingerprint density at radius 3 is 1.60 bits per heavy atom. The van der Waals surface area contributed by atoms with Crippen LogP contribution < -0.4 is 0 Å². The van der Waals surface area contributed by atoms with Crippen molar-refractivity contribution in [2.45, 2.75) is 118 Å². The van der Waals surface area contributed by atoms with Gasteiger partial charge in [-0.05, 0) is 37.9 Å². The van der Waals surface area contributed by atoms with E-state index >= 15 is 0 Å². The smallest absolute Gasteiger partial charge is 0.501 e. The van der Waals surface area contributed by atoms with Crippen LogP contribution in [0.4, 0.5) is 0 Å². The monoisotopic (exact) mass is 462 g/mol. The summed E-state index contributed by atoms with van der Waals surface area (Å²) in [6.45, 7) is 20.6. The van der Waals surface area contributed by atoms with Gasteiger partial charge in [0, 0.05) is 25.9 Å². The van der Waals surface area contributed by atoms with Crippen LogP contribution in [-0.2, 0) is 22.5 Å². The van der Waals surface area contributed by atoms with Crippen molar-refractivity contribution in [3.05, 3.63) is 0 Å². The minimum absolute atomic E-state index is 0.0882. The van der Waals surface area contributed by atoms with Crippen molar-refractivity contribution in [1.82, 2.24) is 0 Å². The first-order valence-electron chi connectivity index (χ1n) is 12.4. The van der Waals surface area contributed by atoms with Gasteiger partial charge >= 0.3 is 8.80 Å². The lowest BCUT2D eigenvalue weighted by molar-refractivity contribution is -0.139. The standard InChI is InChI=1S/C23H50O5Si2/c1-10-16-17-18-29(21(8)11-2,22(9)12-3)28-23(24)20(7)19-30(25-13-4,26-14-5)27-15-6/h20-22H,10-19H2,1-9H3. The molecule has 7 heteroatoms. The van der Waals surface area contributed by atoms with E-state index in [2.05, 4.69) is 34.6 Å². The van der Waals surface area contributed by atoms with E-state index in [9.17, 15) is 4.79 Å². The van der Waals surface area contributed by atoms with E-state index in [0.717, 1.165) is 25.3 Å². The minimum atomic E-state index is -2.88. The van der Waals surface area contributed by atoms with Gasteiger partial charge in [-0.3, -0.25) is 4.79 Å². The van der Waals surface area contributed by atoms with Crippen molar-refractivity contribution in [3.8, 4) is 0 Å². The third kappa shape index (κ3) is 8.73. The first kappa shape index (κ1) is 29.8. The number of unbranched alkanes of at least 4 members (excludes halogenated alkanes) is 2. The Morgan fingerprint density at radius 1 is 0.767 bits per heavy atom. The predicted octanol–water partition coefficient (Wildman–Crippen LogP) is 6.95. The van der Waals surface area contributed by atoms with Crippen LogP contribution in [0.15, 0.2) is 0 Å². The Morgan fingerprint density at radius 2 is 1.23 bits per heavy atom. The normalized spacial score (nSPS) is 17.2. The number of hydrogen-bond donors (Lipinski definition) is 0. The maximum absolute atomic E-state index is 13.4. The molecule has 0 aliphatic rings. The van der Waals surface area contributed by atoms with Crippen LogP contribution in [0, 0.1) is 5.92 Å². The fourth-order valence-corrected chi connectivity index (χ4v) is 12.3. The van der Waals surface area contributed by atoms with Crippen LogP contribution >= 0.6 is 0 Å². The predicted molar refractivity (Wildman–Crippen MR) is 130 cm³/mol. The Balaban J connectivity index is 5.66. The van der Waals surface area contributed by atoms with Gasteiger partial charge in [-0.2, -0.15) is 0 Å². The van der Waals surface area contributed by atoms with Gasteiger partial charge in [0.15, 0.2) is 0 Å². The first-order valence-corrected chi connectivity index (χ1v) is 16.6. The highest BCUT2D eigenvalue weighted by atomic mass is 28.4. The molecule has 30 heavy (non-hydrogen) atoms. The van der Waals surface area contributed by atoms with Gasteiger partial charge in [0.05, 0.1) is 5.92 Å². The molecule has 0 radical (unpaired) electrons. The zero-order chi connectivity index (χ0) is 23.2.